The van der Waals surface area contributed by atoms with Crippen LogP contribution in [0.1, 0.15) is 6.92 Å². The van der Waals surface area contributed by atoms with Crippen LogP contribution in [0.15, 0.2) is 18.2 Å². The molecular formula is C11H12FN3OS. The summed E-state index contributed by atoms with van der Waals surface area (Å²) >= 11 is 1.06. The number of hydrogen-bond acceptors (Lipinski definition) is 5. The summed E-state index contributed by atoms with van der Waals surface area (Å²) in [6.45, 7) is 2.67. The fourth-order valence-corrected chi connectivity index (χ4v) is 2.00. The second-order valence-electron chi connectivity index (χ2n) is 3.34. The van der Waals surface area contributed by atoms with Crippen LogP contribution in [-0.4, -0.2) is 22.4 Å². The van der Waals surface area contributed by atoms with Gasteiger partial charge in [0.1, 0.15) is 17.3 Å². The van der Waals surface area contributed by atoms with Crippen molar-refractivity contribution < 1.29 is 9.13 Å². The summed E-state index contributed by atoms with van der Waals surface area (Å²) in [6, 6.07) is 4.68. The van der Waals surface area contributed by atoms with E-state index >= 15 is 0 Å². The lowest BCUT2D eigenvalue weighted by Gasteiger charge is -2.05. The van der Waals surface area contributed by atoms with Crippen LogP contribution in [-0.2, 0) is 0 Å². The number of hydrogen-bond donors (Lipinski definition) is 1. The second-order valence-corrected chi connectivity index (χ2v) is 3.87. The zero-order valence-corrected chi connectivity index (χ0v) is 10.3. The van der Waals surface area contributed by atoms with Gasteiger partial charge in [-0.05, 0) is 19.1 Å². The molecule has 90 valence electrons. The van der Waals surface area contributed by atoms with Crippen molar-refractivity contribution >= 4 is 17.5 Å². The van der Waals surface area contributed by atoms with E-state index < -0.39 is 0 Å². The van der Waals surface area contributed by atoms with Gasteiger partial charge in [-0.1, -0.05) is 0 Å². The van der Waals surface area contributed by atoms with E-state index in [0.29, 0.717) is 22.8 Å². The van der Waals surface area contributed by atoms with E-state index in [1.807, 2.05) is 6.92 Å². The summed E-state index contributed by atoms with van der Waals surface area (Å²) < 4.78 is 27.0. The number of benzene rings is 1. The van der Waals surface area contributed by atoms with Crippen LogP contribution in [0.5, 0.6) is 5.75 Å². The van der Waals surface area contributed by atoms with Crippen molar-refractivity contribution in [1.82, 2.24) is 8.75 Å². The molecule has 0 saturated carbocycles. The van der Waals surface area contributed by atoms with Crippen LogP contribution in [0.4, 0.5) is 10.2 Å². The Kier molecular flexibility index (Phi) is 3.53. The Morgan fingerprint density at radius 1 is 1.41 bits per heavy atom. The maximum absolute atomic E-state index is 13.8. The maximum Gasteiger partial charge on any atom is 0.168 e. The lowest BCUT2D eigenvalue weighted by molar-refractivity contribution is 0.411. The zero-order chi connectivity index (χ0) is 12.3. The zero-order valence-electron chi connectivity index (χ0n) is 9.53. The molecule has 1 aromatic carbocycles. The molecule has 17 heavy (non-hydrogen) atoms. The molecule has 0 unspecified atom stereocenters. The third-order valence-corrected chi connectivity index (χ3v) is 2.79. The number of methoxy groups -OCH3 is 1. The normalized spacial score (nSPS) is 10.3. The molecule has 0 saturated heterocycles. The highest BCUT2D eigenvalue weighted by Gasteiger charge is 2.14. The Balaban J connectivity index is 2.42. The van der Waals surface area contributed by atoms with Crippen molar-refractivity contribution in [2.45, 2.75) is 6.92 Å². The molecule has 0 fully saturated rings. The van der Waals surface area contributed by atoms with E-state index in [0.717, 1.165) is 18.3 Å². The molecule has 2 aromatic rings. The van der Waals surface area contributed by atoms with Crippen molar-refractivity contribution in [1.29, 1.82) is 0 Å². The Hall–Kier alpha value is -1.69. The Bertz CT molecular complexity index is 515. The van der Waals surface area contributed by atoms with Gasteiger partial charge in [-0.15, -0.1) is 0 Å². The van der Waals surface area contributed by atoms with Gasteiger partial charge in [0, 0.05) is 18.2 Å². The third-order valence-electron chi connectivity index (χ3n) is 2.26. The fraction of sp³-hybridized carbons (Fsp3) is 0.273. The van der Waals surface area contributed by atoms with Crippen LogP contribution in [0.3, 0.4) is 0 Å². The molecule has 1 aromatic heterocycles. The molecular weight excluding hydrogens is 241 g/mol. The van der Waals surface area contributed by atoms with Crippen LogP contribution in [0, 0.1) is 5.82 Å². The number of nitrogens with zero attached hydrogens (tertiary/aromatic N) is 2. The summed E-state index contributed by atoms with van der Waals surface area (Å²) in [4.78, 5) is 0. The van der Waals surface area contributed by atoms with E-state index in [1.54, 1.807) is 12.1 Å². The van der Waals surface area contributed by atoms with Crippen LogP contribution in [0.25, 0.3) is 11.3 Å². The summed E-state index contributed by atoms with van der Waals surface area (Å²) in [5, 5.41) is 3.05. The number of aromatic nitrogens is 2. The van der Waals surface area contributed by atoms with Crippen LogP contribution < -0.4 is 10.1 Å². The van der Waals surface area contributed by atoms with Crippen molar-refractivity contribution in [2.24, 2.45) is 0 Å². The van der Waals surface area contributed by atoms with Crippen molar-refractivity contribution in [3.8, 4) is 17.0 Å². The third kappa shape index (κ3) is 2.36. The minimum atomic E-state index is -0.365. The molecule has 0 aliphatic carbocycles. The Labute approximate surface area is 103 Å². The predicted molar refractivity (Wildman–Crippen MR) is 66.0 cm³/mol. The number of anilines is 1. The highest BCUT2D eigenvalue weighted by molar-refractivity contribution is 6.99. The average molecular weight is 253 g/mol. The quantitative estimate of drug-likeness (QED) is 0.910. The number of nitrogens with one attached hydrogen (secondary N) is 1. The van der Waals surface area contributed by atoms with Gasteiger partial charge in [-0.3, -0.25) is 0 Å². The number of ether oxygens (including phenoxy) is 1. The predicted octanol–water partition coefficient (Wildman–Crippen LogP) is 2.78. The van der Waals surface area contributed by atoms with E-state index in [2.05, 4.69) is 14.1 Å². The van der Waals surface area contributed by atoms with E-state index in [-0.39, 0.29) is 5.82 Å². The first-order valence-corrected chi connectivity index (χ1v) is 5.89. The van der Waals surface area contributed by atoms with Gasteiger partial charge in [-0.2, -0.15) is 8.75 Å². The van der Waals surface area contributed by atoms with E-state index in [4.69, 9.17) is 4.74 Å². The number of rotatable bonds is 4. The van der Waals surface area contributed by atoms with Gasteiger partial charge in [0.05, 0.1) is 18.8 Å². The topological polar surface area (TPSA) is 47.0 Å². The monoisotopic (exact) mass is 253 g/mol. The summed E-state index contributed by atoms with van der Waals surface area (Å²) in [7, 11) is 1.50. The first kappa shape index (κ1) is 11.8. The van der Waals surface area contributed by atoms with Gasteiger partial charge in [0.2, 0.25) is 0 Å². The first-order valence-electron chi connectivity index (χ1n) is 5.16. The molecule has 0 atom stereocenters. The SMILES string of the molecule is CCNc1nsnc1-c1ccc(OC)cc1F. The number of halogens is 1. The van der Waals surface area contributed by atoms with Gasteiger partial charge in [-0.25, -0.2) is 4.39 Å². The van der Waals surface area contributed by atoms with Gasteiger partial charge in [0.15, 0.2) is 5.82 Å². The first-order chi connectivity index (χ1) is 8.26. The molecule has 1 heterocycles. The molecule has 0 bridgehead atoms. The molecule has 1 N–H and O–H groups in total. The van der Waals surface area contributed by atoms with Crippen molar-refractivity contribution in [3.63, 3.8) is 0 Å². The largest absolute Gasteiger partial charge is 0.497 e. The summed E-state index contributed by atoms with van der Waals surface area (Å²) in [5.74, 6) is 0.734. The van der Waals surface area contributed by atoms with Crippen LogP contribution >= 0.6 is 11.7 Å². The van der Waals surface area contributed by atoms with E-state index in [9.17, 15) is 4.39 Å². The van der Waals surface area contributed by atoms with E-state index in [1.165, 1.54) is 13.2 Å². The van der Waals surface area contributed by atoms with Crippen LogP contribution in [0.2, 0.25) is 0 Å². The molecule has 4 nitrogen and oxygen atoms in total. The molecule has 0 radical (unpaired) electrons. The molecule has 0 aliphatic heterocycles. The standard InChI is InChI=1S/C11H12FN3OS/c1-3-13-11-10(14-17-15-11)8-5-4-7(16-2)6-9(8)12/h4-6H,3H2,1-2H3,(H,13,15). The smallest absolute Gasteiger partial charge is 0.168 e. The van der Waals surface area contributed by atoms with Crippen molar-refractivity contribution in [3.05, 3.63) is 24.0 Å². The average Bonchev–Trinajstić information content (AvgIpc) is 2.77. The molecule has 6 heteroatoms. The van der Waals surface area contributed by atoms with Gasteiger partial charge in [0.25, 0.3) is 0 Å². The van der Waals surface area contributed by atoms with Gasteiger partial charge < -0.3 is 10.1 Å². The summed E-state index contributed by atoms with van der Waals surface area (Å²) in [6.07, 6.45) is 0. The Morgan fingerprint density at radius 2 is 2.24 bits per heavy atom. The lowest BCUT2D eigenvalue weighted by Crippen LogP contribution is -1.99. The molecule has 0 amide bonds. The van der Waals surface area contributed by atoms with Crippen molar-refractivity contribution in [2.75, 3.05) is 19.0 Å². The molecule has 0 aliphatic rings. The molecule has 0 spiro atoms. The lowest BCUT2D eigenvalue weighted by atomic mass is 10.1. The fourth-order valence-electron chi connectivity index (χ4n) is 1.46. The highest BCUT2D eigenvalue weighted by atomic mass is 32.1. The summed E-state index contributed by atoms with van der Waals surface area (Å²) in [5.41, 5.74) is 0.965. The second kappa shape index (κ2) is 5.09. The minimum absolute atomic E-state index is 0.365. The minimum Gasteiger partial charge on any atom is -0.497 e. The Morgan fingerprint density at radius 3 is 2.88 bits per heavy atom. The highest BCUT2D eigenvalue weighted by Crippen LogP contribution is 2.30. The molecule has 2 rings (SSSR count). The maximum atomic E-state index is 13.8. The van der Waals surface area contributed by atoms with Gasteiger partial charge >= 0.3 is 0 Å².